The summed E-state index contributed by atoms with van der Waals surface area (Å²) in [7, 11) is 7.64. The van der Waals surface area contributed by atoms with E-state index in [1.54, 1.807) is 82.9 Å². The summed E-state index contributed by atoms with van der Waals surface area (Å²) in [5, 5.41) is 34.5. The lowest BCUT2D eigenvalue weighted by molar-refractivity contribution is -0.383. The van der Waals surface area contributed by atoms with E-state index in [-0.39, 0.29) is 62.7 Å². The molecule has 29 nitrogen and oxygen atoms in total. The van der Waals surface area contributed by atoms with Gasteiger partial charge in [0, 0.05) is 85.7 Å². The van der Waals surface area contributed by atoms with E-state index in [0.29, 0.717) is 130 Å². The number of nitro groups is 2. The molecule has 2 aliphatic heterocycles. The average molecular weight is 1640 g/mol. The first kappa shape index (κ1) is 85.2. The van der Waals surface area contributed by atoms with Gasteiger partial charge < -0.3 is 84.4 Å². The minimum Gasteiger partial charge on any atom is -0.493 e. The molecule has 620 valence electrons. The van der Waals surface area contributed by atoms with Gasteiger partial charge in [0.1, 0.15) is 16.4 Å². The SMILES string of the molecule is COc1ccc(N(Cc2ccccc2)c2cccc(C(=O)O)c2)c2cc(C(C)=O)oc12.COc1ccc(N(Cc2ccccc2)c2cccc(C(=O)OC(C)(C)C)c2)c2cc(C3(C)OCCO3)oc12.COc1ccc([N+](=O)[O-])c2cc(C(C)=O)oc12.COc1ccc([N+](=O)[O-])c2cc(C3(C)OCCO3)oc12.COc1cccc2cc(C(C)=O)oc12. The first-order valence-electron chi connectivity index (χ1n) is 37.6. The number of nitrogens with zero attached hydrogens (tertiary/aromatic N) is 4. The number of carboxylic acids is 1. The number of methoxy groups -OCH3 is 5. The Bertz CT molecular complexity index is 6110. The normalized spacial score (nSPS) is 13.1. The summed E-state index contributed by atoms with van der Waals surface area (Å²) in [4.78, 5) is 83.8. The number of hydrogen-bond donors (Lipinski definition) is 1. The Morgan fingerprint density at radius 2 is 0.775 bits per heavy atom. The molecule has 29 heteroatoms. The molecule has 2 aliphatic rings. The van der Waals surface area contributed by atoms with E-state index >= 15 is 0 Å². The largest absolute Gasteiger partial charge is 0.493 e. The van der Waals surface area contributed by atoms with Crippen molar-refractivity contribution in [2.24, 2.45) is 0 Å². The average Bonchev–Trinajstić information content (AvgIpc) is 1.59. The Morgan fingerprint density at radius 1 is 0.417 bits per heavy atom. The van der Waals surface area contributed by atoms with Crippen LogP contribution in [0, 0.1) is 20.2 Å². The third-order valence-corrected chi connectivity index (χ3v) is 19.3. The maximum atomic E-state index is 12.9. The predicted octanol–water partition coefficient (Wildman–Crippen LogP) is 20.4. The monoisotopic (exact) mass is 1630 g/mol. The molecule has 2 fully saturated rings. The molecular weight excluding hydrogens is 1550 g/mol. The van der Waals surface area contributed by atoms with Crippen molar-refractivity contribution >= 4 is 118 Å². The number of non-ortho nitro benzene ring substituents is 2. The number of furan rings is 5. The Hall–Kier alpha value is -14.1. The van der Waals surface area contributed by atoms with Crippen LogP contribution in [0.25, 0.3) is 54.8 Å². The molecule has 2 saturated heterocycles. The quantitative estimate of drug-likeness (QED) is 0.0285. The van der Waals surface area contributed by atoms with Crippen LogP contribution in [0.1, 0.15) is 130 Å². The van der Waals surface area contributed by atoms with E-state index in [1.165, 1.54) is 65.3 Å². The van der Waals surface area contributed by atoms with Crippen LogP contribution in [0.15, 0.2) is 228 Å². The highest BCUT2D eigenvalue weighted by atomic mass is 16.8. The first-order valence-corrected chi connectivity index (χ1v) is 37.6. The molecule has 0 unspecified atom stereocenters. The molecule has 14 aromatic rings. The zero-order chi connectivity index (χ0) is 85.9. The molecule has 0 amide bonds. The molecule has 5 aromatic heterocycles. The van der Waals surface area contributed by atoms with Gasteiger partial charge >= 0.3 is 11.9 Å². The van der Waals surface area contributed by atoms with Gasteiger partial charge in [0.05, 0.1) is 94.3 Å². The van der Waals surface area contributed by atoms with Crippen molar-refractivity contribution in [1.29, 1.82) is 0 Å². The van der Waals surface area contributed by atoms with E-state index in [9.17, 15) is 49.3 Å². The van der Waals surface area contributed by atoms with Crippen molar-refractivity contribution in [2.75, 3.05) is 71.8 Å². The van der Waals surface area contributed by atoms with Gasteiger partial charge in [-0.15, -0.1) is 0 Å². The number of carbonyl (C=O) groups is 5. The van der Waals surface area contributed by atoms with E-state index in [1.807, 2.05) is 142 Å². The van der Waals surface area contributed by atoms with Crippen molar-refractivity contribution in [3.8, 4) is 28.7 Å². The van der Waals surface area contributed by atoms with Crippen molar-refractivity contribution in [2.45, 2.75) is 85.7 Å². The van der Waals surface area contributed by atoms with Crippen LogP contribution in [0.2, 0.25) is 0 Å². The molecule has 0 bridgehead atoms. The zero-order valence-corrected chi connectivity index (χ0v) is 67.9. The molecule has 1 N–H and O–H groups in total. The van der Waals surface area contributed by atoms with E-state index in [4.69, 9.17) is 69.5 Å². The molecule has 0 spiro atoms. The van der Waals surface area contributed by atoms with E-state index in [2.05, 4.69) is 17.0 Å². The third kappa shape index (κ3) is 18.9. The second-order valence-electron chi connectivity index (χ2n) is 28.6. The maximum absolute atomic E-state index is 12.9. The van der Waals surface area contributed by atoms with Crippen LogP contribution < -0.4 is 33.5 Å². The van der Waals surface area contributed by atoms with Crippen LogP contribution in [0.3, 0.4) is 0 Å². The molecular formula is C91H86N4O25. The summed E-state index contributed by atoms with van der Waals surface area (Å²) >= 11 is 0. The van der Waals surface area contributed by atoms with Gasteiger partial charge in [0.15, 0.2) is 103 Å². The van der Waals surface area contributed by atoms with Gasteiger partial charge in [0.25, 0.3) is 11.4 Å². The van der Waals surface area contributed by atoms with Gasteiger partial charge in [-0.2, -0.15) is 0 Å². The number of ketones is 3. The number of aromatic carboxylic acids is 1. The van der Waals surface area contributed by atoms with Crippen molar-refractivity contribution < 1.29 is 108 Å². The van der Waals surface area contributed by atoms with Crippen molar-refractivity contribution in [1.82, 2.24) is 0 Å². The van der Waals surface area contributed by atoms with Gasteiger partial charge in [-0.05, 0) is 143 Å². The van der Waals surface area contributed by atoms with Crippen LogP contribution in [-0.2, 0) is 48.3 Å². The van der Waals surface area contributed by atoms with Gasteiger partial charge in [0.2, 0.25) is 11.6 Å². The highest BCUT2D eigenvalue weighted by molar-refractivity contribution is 6.04. The lowest BCUT2D eigenvalue weighted by atomic mass is 10.1. The summed E-state index contributed by atoms with van der Waals surface area (Å²) in [6, 6.07) is 61.4. The standard InChI is InChI=1S/C31H33NO6.C25H21NO5.C13H13NO6.C11H9NO5.C11H10O3/c1-30(2,3)38-29(33)22-12-9-13-23(18-22)32(20-21-10-7-6-8-11-21)25-14-15-26(34-5)28-24(25)19-27(37-28)31(4)35-16-17-36-31;1-16(27)23-14-20-21(11-12-22(30-2)24(20)31-23)26(15-17-7-4-3-5-8-17)19-10-6-9-18(13-19)25(28)29;1-13(18-5-6-19-13)11-7-8-9(14(15)16)3-4-10(17-2)12(8)20-11;1-6(13)10-5-7-8(12(14)15)3-4-9(16-2)11(7)17-10;1-7(12)10-6-8-4-3-5-9(13-2)11(8)14-10/h6-15,18-19H,16-17,20H2,1-5H3;3-14H,15H2,1-2H3,(H,28,29);3-4,7H,5-6H2,1-2H3;3-5H,1-2H3;3-6H,1-2H3. The number of hydrogen-bond acceptors (Lipinski definition) is 26. The highest BCUT2D eigenvalue weighted by Gasteiger charge is 2.40. The molecule has 0 radical (unpaired) electrons. The number of esters is 1. The van der Waals surface area contributed by atoms with Crippen molar-refractivity contribution in [3.63, 3.8) is 0 Å². The maximum Gasteiger partial charge on any atom is 0.338 e. The Kier molecular flexibility index (Phi) is 26.0. The molecule has 16 rings (SSSR count). The minimum atomic E-state index is -1.02. The summed E-state index contributed by atoms with van der Waals surface area (Å²) in [5.41, 5.74) is 7.52. The smallest absolute Gasteiger partial charge is 0.338 e. The number of anilines is 4. The molecule has 0 atom stereocenters. The number of nitro benzene ring substituents is 2. The lowest BCUT2D eigenvalue weighted by Gasteiger charge is -2.27. The predicted molar refractivity (Wildman–Crippen MR) is 445 cm³/mol. The topological polar surface area (TPSA) is 356 Å². The van der Waals surface area contributed by atoms with Crippen LogP contribution in [0.5, 0.6) is 28.7 Å². The number of carbonyl (C=O) groups excluding carboxylic acids is 4. The van der Waals surface area contributed by atoms with Gasteiger partial charge in [-0.3, -0.25) is 34.6 Å². The molecule has 120 heavy (non-hydrogen) atoms. The molecule has 0 aliphatic carbocycles. The zero-order valence-electron chi connectivity index (χ0n) is 67.9. The molecule has 9 aromatic carbocycles. The summed E-state index contributed by atoms with van der Waals surface area (Å²) in [6.45, 7) is 16.4. The summed E-state index contributed by atoms with van der Waals surface area (Å²) in [6.07, 6.45) is 0. The fraction of sp³-hybridized carbons (Fsp3) is 0.242. The van der Waals surface area contributed by atoms with Gasteiger partial charge in [-0.25, -0.2) is 9.59 Å². The molecule has 0 saturated carbocycles. The van der Waals surface area contributed by atoms with E-state index < -0.39 is 33.0 Å². The Balaban J connectivity index is 0.000000144. The number of carboxylic acid groups (broad SMARTS) is 1. The van der Waals surface area contributed by atoms with Crippen molar-refractivity contribution in [3.05, 3.63) is 278 Å². The second kappa shape index (κ2) is 36.6. The fourth-order valence-corrected chi connectivity index (χ4v) is 13.4. The summed E-state index contributed by atoms with van der Waals surface area (Å²) in [5.74, 6) is 0.284. The number of Topliss-reactive ketones (excluding diaryl/α,β-unsaturated/α-hetero) is 3. The second-order valence-corrected chi connectivity index (χ2v) is 28.6. The van der Waals surface area contributed by atoms with Gasteiger partial charge in [-0.1, -0.05) is 84.9 Å². The van der Waals surface area contributed by atoms with Crippen LogP contribution >= 0.6 is 0 Å². The molecule has 7 heterocycles. The Morgan fingerprint density at radius 3 is 1.21 bits per heavy atom. The highest BCUT2D eigenvalue weighted by Crippen LogP contribution is 2.47. The van der Waals surface area contributed by atoms with E-state index in [0.717, 1.165) is 39.0 Å². The minimum absolute atomic E-state index is 0.0441. The number of para-hydroxylation sites is 1. The number of rotatable bonds is 22. The number of benzene rings is 9. The third-order valence-electron chi connectivity index (χ3n) is 19.3. The Labute approximate surface area is 687 Å². The fourth-order valence-electron chi connectivity index (χ4n) is 13.4. The number of ether oxygens (including phenoxy) is 10. The lowest BCUT2D eigenvalue weighted by Crippen LogP contribution is -2.24. The summed E-state index contributed by atoms with van der Waals surface area (Å²) < 4.78 is 83.2. The number of fused-ring (bicyclic) bond motifs is 5. The van der Waals surface area contributed by atoms with Crippen LogP contribution in [0.4, 0.5) is 34.1 Å². The van der Waals surface area contributed by atoms with Crippen LogP contribution in [-0.4, -0.2) is 112 Å². The first-order chi connectivity index (χ1) is 57.4.